The van der Waals surface area contributed by atoms with Crippen molar-refractivity contribution < 1.29 is 0 Å². The molecule has 2 heteroatoms. The number of rotatable bonds is 2. The van der Waals surface area contributed by atoms with E-state index in [-0.39, 0.29) is 0 Å². The monoisotopic (exact) mass is 168 g/mol. The lowest BCUT2D eigenvalue weighted by atomic mass is 9.82. The molecule has 0 amide bonds. The van der Waals surface area contributed by atoms with Gasteiger partial charge in [0.1, 0.15) is 0 Å². The number of hydrogen-bond donors (Lipinski definition) is 1. The van der Waals surface area contributed by atoms with Crippen molar-refractivity contribution in [3.63, 3.8) is 0 Å². The molecule has 0 aliphatic heterocycles. The molecule has 0 bridgehead atoms. The molecule has 2 nitrogen and oxygen atoms in total. The summed E-state index contributed by atoms with van der Waals surface area (Å²) in [5, 5.41) is 0. The predicted octanol–water partition coefficient (Wildman–Crippen LogP) is 2.19. The Morgan fingerprint density at radius 3 is 2.83 bits per heavy atom. The highest BCUT2D eigenvalue weighted by Gasteiger charge is 2.21. The first-order chi connectivity index (χ1) is 5.74. The molecule has 2 atom stereocenters. The molecule has 70 valence electrons. The van der Waals surface area contributed by atoms with Crippen molar-refractivity contribution in [1.82, 2.24) is 0 Å². The summed E-state index contributed by atoms with van der Waals surface area (Å²) >= 11 is 0. The van der Waals surface area contributed by atoms with Crippen LogP contribution >= 0.6 is 0 Å². The second-order valence-electron chi connectivity index (χ2n) is 3.87. The number of nitrogens with zero attached hydrogens (tertiary/aromatic N) is 1. The molecular weight excluding hydrogens is 148 g/mol. The van der Waals surface area contributed by atoms with E-state index in [1.165, 1.54) is 25.7 Å². The summed E-state index contributed by atoms with van der Waals surface area (Å²) in [4.78, 5) is 4.28. The Balaban J connectivity index is 2.45. The average molecular weight is 168 g/mol. The Bertz CT molecular complexity index is 163. The van der Waals surface area contributed by atoms with Crippen LogP contribution in [0.25, 0.3) is 0 Å². The molecule has 1 saturated carbocycles. The maximum atomic E-state index is 5.87. The van der Waals surface area contributed by atoms with Gasteiger partial charge in [-0.05, 0) is 25.7 Å². The normalized spacial score (nSPS) is 32.0. The molecule has 2 unspecified atom stereocenters. The fourth-order valence-electron chi connectivity index (χ4n) is 2.01. The molecule has 0 spiro atoms. The van der Waals surface area contributed by atoms with Gasteiger partial charge in [0.25, 0.3) is 0 Å². The summed E-state index contributed by atoms with van der Waals surface area (Å²) < 4.78 is 0. The summed E-state index contributed by atoms with van der Waals surface area (Å²) in [6, 6.07) is 0. The molecule has 1 rings (SSSR count). The van der Waals surface area contributed by atoms with Crippen LogP contribution < -0.4 is 5.73 Å². The quantitative estimate of drug-likeness (QED) is 0.498. The van der Waals surface area contributed by atoms with E-state index in [0.29, 0.717) is 5.92 Å². The van der Waals surface area contributed by atoms with Crippen LogP contribution in [0, 0.1) is 11.8 Å². The molecule has 1 fully saturated rings. The first-order valence-electron chi connectivity index (χ1n) is 5.03. The average Bonchev–Trinajstić information content (AvgIpc) is 2.05. The zero-order chi connectivity index (χ0) is 8.97. The van der Waals surface area contributed by atoms with Crippen molar-refractivity contribution in [1.29, 1.82) is 0 Å². The second kappa shape index (κ2) is 4.48. The van der Waals surface area contributed by atoms with E-state index < -0.39 is 0 Å². The highest BCUT2D eigenvalue weighted by molar-refractivity contribution is 5.82. The Morgan fingerprint density at radius 1 is 1.50 bits per heavy atom. The van der Waals surface area contributed by atoms with Crippen molar-refractivity contribution in [3.05, 3.63) is 0 Å². The van der Waals surface area contributed by atoms with Crippen molar-refractivity contribution in [3.8, 4) is 0 Å². The lowest BCUT2D eigenvalue weighted by Crippen LogP contribution is -2.28. The number of hydrogen-bond acceptors (Lipinski definition) is 1. The van der Waals surface area contributed by atoms with Crippen LogP contribution in [0.15, 0.2) is 4.99 Å². The number of aliphatic imine (C=N–C) groups is 1. The van der Waals surface area contributed by atoms with Gasteiger partial charge in [-0.1, -0.05) is 19.8 Å². The number of nitrogens with two attached hydrogens (primary N) is 1. The van der Waals surface area contributed by atoms with Crippen molar-refractivity contribution in [2.45, 2.75) is 39.5 Å². The Labute approximate surface area is 75.3 Å². The summed E-state index contributed by atoms with van der Waals surface area (Å²) in [6.07, 6.45) is 5.19. The standard InChI is InChI=1S/C10H20N2/c1-3-12-10(11)9-6-4-5-8(2)7-9/h8-9H,3-7H2,1-2H3,(H2,11,12). The van der Waals surface area contributed by atoms with Crippen LogP contribution in [0.5, 0.6) is 0 Å². The topological polar surface area (TPSA) is 38.4 Å². The minimum Gasteiger partial charge on any atom is -0.387 e. The third kappa shape index (κ3) is 2.50. The van der Waals surface area contributed by atoms with Crippen LogP contribution in [0.2, 0.25) is 0 Å². The van der Waals surface area contributed by atoms with Gasteiger partial charge in [0.15, 0.2) is 0 Å². The lowest BCUT2D eigenvalue weighted by molar-refractivity contribution is 0.338. The smallest absolute Gasteiger partial charge is 0.0968 e. The highest BCUT2D eigenvalue weighted by Crippen LogP contribution is 2.28. The van der Waals surface area contributed by atoms with Gasteiger partial charge in [-0.25, -0.2) is 0 Å². The van der Waals surface area contributed by atoms with E-state index >= 15 is 0 Å². The fraction of sp³-hybridized carbons (Fsp3) is 0.900. The van der Waals surface area contributed by atoms with E-state index in [1.54, 1.807) is 0 Å². The molecule has 0 radical (unpaired) electrons. The molecule has 0 aromatic heterocycles. The van der Waals surface area contributed by atoms with E-state index in [4.69, 9.17) is 5.73 Å². The molecular formula is C10H20N2. The maximum Gasteiger partial charge on any atom is 0.0968 e. The van der Waals surface area contributed by atoms with E-state index in [0.717, 1.165) is 18.3 Å². The van der Waals surface area contributed by atoms with E-state index in [2.05, 4.69) is 11.9 Å². The van der Waals surface area contributed by atoms with Crippen molar-refractivity contribution in [2.24, 2.45) is 22.6 Å². The zero-order valence-electron chi connectivity index (χ0n) is 8.21. The van der Waals surface area contributed by atoms with Crippen molar-refractivity contribution >= 4 is 5.84 Å². The molecule has 1 aliphatic carbocycles. The van der Waals surface area contributed by atoms with Crippen LogP contribution in [-0.2, 0) is 0 Å². The van der Waals surface area contributed by atoms with Crippen LogP contribution in [0.4, 0.5) is 0 Å². The Hall–Kier alpha value is -0.530. The molecule has 12 heavy (non-hydrogen) atoms. The SMILES string of the molecule is CCN=C(N)C1CCCC(C)C1. The molecule has 2 N–H and O–H groups in total. The highest BCUT2D eigenvalue weighted by atomic mass is 14.9. The minimum atomic E-state index is 0.577. The number of amidine groups is 1. The second-order valence-corrected chi connectivity index (χ2v) is 3.87. The zero-order valence-corrected chi connectivity index (χ0v) is 8.21. The van der Waals surface area contributed by atoms with Gasteiger partial charge in [0.05, 0.1) is 5.84 Å². The van der Waals surface area contributed by atoms with Gasteiger partial charge in [0.2, 0.25) is 0 Å². The summed E-state index contributed by atoms with van der Waals surface area (Å²) in [5.41, 5.74) is 5.87. The Morgan fingerprint density at radius 2 is 2.25 bits per heavy atom. The largest absolute Gasteiger partial charge is 0.387 e. The lowest BCUT2D eigenvalue weighted by Gasteiger charge is -2.26. The minimum absolute atomic E-state index is 0.577. The maximum absolute atomic E-state index is 5.87. The fourth-order valence-corrected chi connectivity index (χ4v) is 2.01. The molecule has 1 aliphatic rings. The molecule has 0 aromatic rings. The summed E-state index contributed by atoms with van der Waals surface area (Å²) in [6.45, 7) is 5.18. The van der Waals surface area contributed by atoms with Gasteiger partial charge >= 0.3 is 0 Å². The van der Waals surface area contributed by atoms with Crippen LogP contribution in [-0.4, -0.2) is 12.4 Å². The van der Waals surface area contributed by atoms with Crippen LogP contribution in [0.3, 0.4) is 0 Å². The van der Waals surface area contributed by atoms with Gasteiger partial charge in [-0.3, -0.25) is 4.99 Å². The summed E-state index contributed by atoms with van der Waals surface area (Å²) in [7, 11) is 0. The predicted molar refractivity (Wildman–Crippen MR) is 53.3 cm³/mol. The van der Waals surface area contributed by atoms with Gasteiger partial charge in [-0.15, -0.1) is 0 Å². The van der Waals surface area contributed by atoms with Gasteiger partial charge in [0, 0.05) is 12.5 Å². The molecule has 0 aromatic carbocycles. The molecule has 0 saturated heterocycles. The Kier molecular flexibility index (Phi) is 3.57. The van der Waals surface area contributed by atoms with E-state index in [1.807, 2.05) is 6.92 Å². The first-order valence-corrected chi connectivity index (χ1v) is 5.03. The van der Waals surface area contributed by atoms with E-state index in [9.17, 15) is 0 Å². The van der Waals surface area contributed by atoms with Crippen molar-refractivity contribution in [2.75, 3.05) is 6.54 Å². The third-order valence-electron chi connectivity index (χ3n) is 2.70. The third-order valence-corrected chi connectivity index (χ3v) is 2.70. The first kappa shape index (κ1) is 9.56. The van der Waals surface area contributed by atoms with Gasteiger partial charge in [-0.2, -0.15) is 0 Å². The molecule has 0 heterocycles. The van der Waals surface area contributed by atoms with Crippen LogP contribution in [0.1, 0.15) is 39.5 Å². The van der Waals surface area contributed by atoms with Gasteiger partial charge < -0.3 is 5.73 Å². The summed E-state index contributed by atoms with van der Waals surface area (Å²) in [5.74, 6) is 2.31.